The van der Waals surface area contributed by atoms with Crippen molar-refractivity contribution in [2.75, 3.05) is 0 Å². The Morgan fingerprint density at radius 3 is 0.889 bits per heavy atom. The maximum absolute atomic E-state index is 11.0. The van der Waals surface area contributed by atoms with Crippen molar-refractivity contribution in [3.05, 3.63) is 12.8 Å². The highest BCUT2D eigenvalue weighted by molar-refractivity contribution is 6.33. The van der Waals surface area contributed by atoms with E-state index in [4.69, 9.17) is 35.2 Å². The molecule has 0 rings (SSSR count). The Bertz CT molecular complexity index is 129. The first-order chi connectivity index (χ1) is 7.97. The smallest absolute Gasteiger partial charge is 0.516 e. The Balaban J connectivity index is -0.0000000742. The predicted molar refractivity (Wildman–Crippen MR) is 54.3 cm³/mol. The van der Waals surface area contributed by atoms with Gasteiger partial charge in [0.1, 0.15) is 0 Å². The molecule has 0 spiro atoms. The summed E-state index contributed by atoms with van der Waals surface area (Å²) < 4.78 is 45.0. The zero-order chi connectivity index (χ0) is 15.7. The highest BCUT2D eigenvalue weighted by atomic mass is 19.1. The number of halogens is 4. The molecule has 106 valence electrons. The molecule has 0 unspecified atom stereocenters. The predicted octanol–water partition coefficient (Wildman–Crippen LogP) is -3.13. The maximum Gasteiger partial charge on any atom is 0.751 e. The summed E-state index contributed by atoms with van der Waals surface area (Å²) in [5.74, 6) is 0. The summed E-state index contributed by atoms with van der Waals surface area (Å²) in [6.45, 7) is 2.98. The van der Waals surface area contributed by atoms with Crippen LogP contribution < -0.4 is 0 Å². The molecule has 0 heterocycles. The van der Waals surface area contributed by atoms with E-state index in [2.05, 4.69) is 11.2 Å². The molecule has 0 radical (unpaired) electrons. The van der Waals surface area contributed by atoms with E-state index in [0.717, 1.165) is 6.26 Å². The summed E-state index contributed by atoms with van der Waals surface area (Å²) in [5, 5.41) is 49.3. The van der Waals surface area contributed by atoms with Crippen molar-refractivity contribution in [2.24, 2.45) is 0 Å². The molecule has 0 atom stereocenters. The SMILES string of the molecule is C=COB(O)F.OB(O)F.OB(O)F.OB(O)F. The van der Waals surface area contributed by atoms with Gasteiger partial charge in [-0.1, -0.05) is 6.58 Å². The van der Waals surface area contributed by atoms with Gasteiger partial charge in [0.25, 0.3) is 0 Å². The van der Waals surface area contributed by atoms with Gasteiger partial charge in [0, 0.05) is 0 Å². The molecular weight excluding hydrogens is 271 g/mol. The Morgan fingerprint density at radius 1 is 0.722 bits per heavy atom. The van der Waals surface area contributed by atoms with E-state index in [1.54, 1.807) is 0 Å². The molecule has 0 saturated heterocycles. The molecule has 0 aromatic carbocycles. The Hall–Kier alpha value is -0.760. The molecule has 7 N–H and O–H groups in total. The normalized spacial score (nSPS) is 6.83. The van der Waals surface area contributed by atoms with E-state index in [1.165, 1.54) is 0 Å². The summed E-state index contributed by atoms with van der Waals surface area (Å²) in [7, 11) is -10.2. The molecule has 18 heavy (non-hydrogen) atoms. The van der Waals surface area contributed by atoms with Crippen LogP contribution in [0.1, 0.15) is 0 Å². The van der Waals surface area contributed by atoms with Gasteiger partial charge in [-0.2, -0.15) is 0 Å². The van der Waals surface area contributed by atoms with Crippen LogP contribution >= 0.6 is 0 Å². The fourth-order valence-electron chi connectivity index (χ4n) is 0.0794. The van der Waals surface area contributed by atoms with E-state index in [0.29, 0.717) is 0 Å². The summed E-state index contributed by atoms with van der Waals surface area (Å²) in [5.41, 5.74) is 0. The van der Waals surface area contributed by atoms with Crippen molar-refractivity contribution >= 4 is 29.6 Å². The first-order valence-electron chi connectivity index (χ1n) is 3.56. The van der Waals surface area contributed by atoms with Crippen molar-refractivity contribution in [3.63, 3.8) is 0 Å². The molecule has 0 saturated carbocycles. The van der Waals surface area contributed by atoms with Crippen molar-refractivity contribution in [1.29, 1.82) is 0 Å². The first kappa shape index (κ1) is 25.9. The molecule has 16 heteroatoms. The summed E-state index contributed by atoms with van der Waals surface area (Å²) in [4.78, 5) is 0. The molecule has 0 aromatic rings. The largest absolute Gasteiger partial charge is 0.751 e. The lowest BCUT2D eigenvalue weighted by atomic mass is 10.3. The molecule has 0 aliphatic heterocycles. The van der Waals surface area contributed by atoms with Gasteiger partial charge >= 0.3 is 29.6 Å². The Kier molecular flexibility index (Phi) is 31.0. The van der Waals surface area contributed by atoms with Gasteiger partial charge in [0.15, 0.2) is 0 Å². The molecule has 0 aliphatic rings. The van der Waals surface area contributed by atoms with Gasteiger partial charge in [-0.3, -0.25) is 12.9 Å². The van der Waals surface area contributed by atoms with Crippen molar-refractivity contribution in [2.45, 2.75) is 0 Å². The van der Waals surface area contributed by atoms with E-state index in [1.807, 2.05) is 0 Å². The van der Waals surface area contributed by atoms with Crippen molar-refractivity contribution < 1.29 is 57.1 Å². The minimum atomic E-state index is -2.67. The van der Waals surface area contributed by atoms with Crippen molar-refractivity contribution in [1.82, 2.24) is 0 Å². The number of hydrogen-bond donors (Lipinski definition) is 7. The van der Waals surface area contributed by atoms with E-state index >= 15 is 0 Å². The average Bonchev–Trinajstić information content (AvgIpc) is 1.98. The highest BCUT2D eigenvalue weighted by Crippen LogP contribution is 1.78. The van der Waals surface area contributed by atoms with Crippen LogP contribution in [-0.2, 0) is 4.65 Å². The minimum Gasteiger partial charge on any atom is -0.516 e. The van der Waals surface area contributed by atoms with Crippen LogP contribution in [0.2, 0.25) is 0 Å². The lowest BCUT2D eigenvalue weighted by molar-refractivity contribution is 0.312. The van der Waals surface area contributed by atoms with Crippen LogP contribution in [-0.4, -0.2) is 64.8 Å². The van der Waals surface area contributed by atoms with Gasteiger partial charge in [0.05, 0.1) is 6.26 Å². The number of rotatable bonds is 2. The Labute approximate surface area is 101 Å². The van der Waals surface area contributed by atoms with Crippen LogP contribution in [0.3, 0.4) is 0 Å². The van der Waals surface area contributed by atoms with Crippen molar-refractivity contribution in [3.8, 4) is 0 Å². The average molecular weight is 281 g/mol. The topological polar surface area (TPSA) is 151 Å². The van der Waals surface area contributed by atoms with Gasteiger partial charge in [0.2, 0.25) is 0 Å². The molecular formula is C2H10B4F4O8. The summed E-state index contributed by atoms with van der Waals surface area (Å²) in [6.07, 6.45) is 0.824. The summed E-state index contributed by atoms with van der Waals surface area (Å²) in [6, 6.07) is 0. The second kappa shape index (κ2) is 21.5. The molecule has 0 aliphatic carbocycles. The molecule has 0 bridgehead atoms. The second-order valence-corrected chi connectivity index (χ2v) is 1.53. The zero-order valence-corrected chi connectivity index (χ0v) is 8.64. The highest BCUT2D eigenvalue weighted by Gasteiger charge is 2.08. The minimum absolute atomic E-state index is 0.824. The second-order valence-electron chi connectivity index (χ2n) is 1.53. The molecule has 8 nitrogen and oxygen atoms in total. The zero-order valence-electron chi connectivity index (χ0n) is 8.64. The van der Waals surface area contributed by atoms with Gasteiger partial charge in [-0.25, -0.2) is 4.32 Å². The summed E-state index contributed by atoms with van der Waals surface area (Å²) >= 11 is 0. The van der Waals surface area contributed by atoms with Gasteiger partial charge in [-0.15, -0.1) is 0 Å². The standard InChI is InChI=1S/C2H4BFO2.3BFH2O2/c1-2-6-3(4)5;3*2-1(3)4/h2,5H,1H2;3*3-4H. The molecule has 0 amide bonds. The fraction of sp³-hybridized carbons (Fsp3) is 0. The van der Waals surface area contributed by atoms with E-state index < -0.39 is 29.6 Å². The quantitative estimate of drug-likeness (QED) is 0.159. The number of hydrogen-bond acceptors (Lipinski definition) is 8. The van der Waals surface area contributed by atoms with Crippen LogP contribution in [0.4, 0.5) is 17.3 Å². The van der Waals surface area contributed by atoms with Crippen LogP contribution in [0, 0.1) is 0 Å². The maximum atomic E-state index is 11.0. The third-order valence-electron chi connectivity index (χ3n) is 0.209. The van der Waals surface area contributed by atoms with Crippen LogP contribution in [0.5, 0.6) is 0 Å². The third kappa shape index (κ3) is 616. The Morgan fingerprint density at radius 2 is 0.889 bits per heavy atom. The van der Waals surface area contributed by atoms with Crippen LogP contribution in [0.15, 0.2) is 12.8 Å². The third-order valence-corrected chi connectivity index (χ3v) is 0.209. The van der Waals surface area contributed by atoms with Gasteiger partial charge in [-0.05, 0) is 0 Å². The fourth-order valence-corrected chi connectivity index (χ4v) is 0.0794. The lowest BCUT2D eigenvalue weighted by Gasteiger charge is -1.87. The first-order valence-corrected chi connectivity index (χ1v) is 3.56. The molecule has 0 aromatic heterocycles. The lowest BCUT2D eigenvalue weighted by Crippen LogP contribution is -2.04. The monoisotopic (exact) mass is 282 g/mol. The van der Waals surface area contributed by atoms with Gasteiger partial charge < -0.3 is 39.8 Å². The molecule has 0 fully saturated rings. The van der Waals surface area contributed by atoms with Crippen LogP contribution in [0.25, 0.3) is 0 Å². The van der Waals surface area contributed by atoms with E-state index in [-0.39, 0.29) is 0 Å². The van der Waals surface area contributed by atoms with E-state index in [9.17, 15) is 17.3 Å².